The maximum Gasteiger partial charge on any atom is 0.341 e. The van der Waals surface area contributed by atoms with E-state index in [4.69, 9.17) is 4.74 Å². The number of ether oxygens (including phenoxy) is 1. The minimum atomic E-state index is -0.860. The molecule has 0 unspecified atom stereocenters. The summed E-state index contributed by atoms with van der Waals surface area (Å²) in [5, 5.41) is 13.3. The van der Waals surface area contributed by atoms with Gasteiger partial charge in [0.1, 0.15) is 5.69 Å². The van der Waals surface area contributed by atoms with E-state index in [1.54, 1.807) is 29.9 Å². The number of carbonyl (C=O) groups excluding carboxylic acids is 3. The Morgan fingerprint density at radius 3 is 2.53 bits per heavy atom. The van der Waals surface area contributed by atoms with Crippen LogP contribution in [0.25, 0.3) is 0 Å². The molecular formula is C20H22N4O6. The molecule has 1 aliphatic heterocycles. The number of anilines is 1. The van der Waals surface area contributed by atoms with Crippen molar-refractivity contribution >= 4 is 29.2 Å². The summed E-state index contributed by atoms with van der Waals surface area (Å²) in [5.74, 6) is -2.27. The molecule has 2 aromatic rings. The van der Waals surface area contributed by atoms with Crippen molar-refractivity contribution in [2.75, 3.05) is 24.6 Å². The van der Waals surface area contributed by atoms with Crippen LogP contribution >= 0.6 is 0 Å². The molecule has 2 heterocycles. The molecule has 1 aliphatic rings. The second kappa shape index (κ2) is 9.21. The number of nitro groups is 1. The molecule has 0 saturated carbocycles. The highest BCUT2D eigenvalue weighted by atomic mass is 16.6. The Kier molecular flexibility index (Phi) is 6.45. The second-order valence-corrected chi connectivity index (χ2v) is 6.96. The number of piperidine rings is 1. The summed E-state index contributed by atoms with van der Waals surface area (Å²) in [7, 11) is 1.66. The first-order chi connectivity index (χ1) is 14.4. The Bertz CT molecular complexity index is 977. The quantitative estimate of drug-likeness (QED) is 0.436. The SMILES string of the molecule is Cn1cccc1C(=O)NC(=O)COC(=O)c1cc([N+](=O)[O-])ccc1N1CCCCC1. The van der Waals surface area contributed by atoms with Gasteiger partial charge in [-0.2, -0.15) is 0 Å². The average Bonchev–Trinajstić information content (AvgIpc) is 3.18. The molecule has 30 heavy (non-hydrogen) atoms. The van der Waals surface area contributed by atoms with Gasteiger partial charge in [-0.05, 0) is 37.5 Å². The molecule has 10 nitrogen and oxygen atoms in total. The molecule has 10 heteroatoms. The maximum absolute atomic E-state index is 12.6. The molecule has 1 N–H and O–H groups in total. The van der Waals surface area contributed by atoms with Crippen LogP contribution in [-0.2, 0) is 16.6 Å². The standard InChI is InChI=1S/C20H22N4O6/c1-22-9-5-6-17(22)19(26)21-18(25)13-30-20(27)15-12-14(24(28)29)7-8-16(15)23-10-3-2-4-11-23/h5-9,12H,2-4,10-11,13H2,1H3,(H,21,25,26). The van der Waals surface area contributed by atoms with Gasteiger partial charge >= 0.3 is 5.97 Å². The van der Waals surface area contributed by atoms with Crippen LogP contribution in [0.4, 0.5) is 11.4 Å². The van der Waals surface area contributed by atoms with E-state index in [-0.39, 0.29) is 16.9 Å². The largest absolute Gasteiger partial charge is 0.452 e. The van der Waals surface area contributed by atoms with Gasteiger partial charge in [-0.25, -0.2) is 4.79 Å². The van der Waals surface area contributed by atoms with Crippen molar-refractivity contribution in [3.8, 4) is 0 Å². The lowest BCUT2D eigenvalue weighted by molar-refractivity contribution is -0.384. The number of nitrogens with one attached hydrogen (secondary N) is 1. The molecule has 1 saturated heterocycles. The highest BCUT2D eigenvalue weighted by Crippen LogP contribution is 2.28. The third-order valence-corrected chi connectivity index (χ3v) is 4.87. The summed E-state index contributed by atoms with van der Waals surface area (Å²) >= 11 is 0. The number of aryl methyl sites for hydroxylation is 1. The molecule has 0 spiro atoms. The molecule has 0 radical (unpaired) electrons. The Morgan fingerprint density at radius 2 is 1.90 bits per heavy atom. The minimum Gasteiger partial charge on any atom is -0.452 e. The van der Waals surface area contributed by atoms with Gasteiger partial charge in [0.05, 0.1) is 16.2 Å². The van der Waals surface area contributed by atoms with E-state index in [1.165, 1.54) is 12.1 Å². The van der Waals surface area contributed by atoms with Gasteiger partial charge in [-0.3, -0.25) is 25.0 Å². The van der Waals surface area contributed by atoms with Gasteiger partial charge in [0.15, 0.2) is 6.61 Å². The van der Waals surface area contributed by atoms with E-state index >= 15 is 0 Å². The van der Waals surface area contributed by atoms with Gasteiger partial charge in [-0.15, -0.1) is 0 Å². The Balaban J connectivity index is 1.69. The van der Waals surface area contributed by atoms with Crippen molar-refractivity contribution in [1.82, 2.24) is 9.88 Å². The first kappa shape index (κ1) is 21.0. The van der Waals surface area contributed by atoms with Gasteiger partial charge in [0, 0.05) is 38.5 Å². The molecular weight excluding hydrogens is 392 g/mol. The van der Waals surface area contributed by atoms with E-state index < -0.39 is 29.3 Å². The summed E-state index contributed by atoms with van der Waals surface area (Å²) in [6, 6.07) is 7.22. The zero-order chi connectivity index (χ0) is 21.7. The number of hydrogen-bond acceptors (Lipinski definition) is 7. The summed E-state index contributed by atoms with van der Waals surface area (Å²) in [5.41, 5.74) is 0.588. The summed E-state index contributed by atoms with van der Waals surface area (Å²) in [6.45, 7) is 0.768. The second-order valence-electron chi connectivity index (χ2n) is 6.96. The van der Waals surface area contributed by atoms with Crippen LogP contribution in [0.3, 0.4) is 0 Å². The molecule has 0 aliphatic carbocycles. The number of hydrogen-bond donors (Lipinski definition) is 1. The van der Waals surface area contributed by atoms with Crippen molar-refractivity contribution in [1.29, 1.82) is 0 Å². The first-order valence-corrected chi connectivity index (χ1v) is 9.53. The number of esters is 1. The minimum absolute atomic E-state index is 0.0210. The van der Waals surface area contributed by atoms with Gasteiger partial charge in [0.25, 0.3) is 17.5 Å². The van der Waals surface area contributed by atoms with E-state index in [0.717, 1.165) is 38.4 Å². The van der Waals surface area contributed by atoms with Crippen LogP contribution in [0.15, 0.2) is 36.5 Å². The summed E-state index contributed by atoms with van der Waals surface area (Å²) < 4.78 is 6.59. The highest BCUT2D eigenvalue weighted by Gasteiger charge is 2.24. The maximum atomic E-state index is 12.6. The van der Waals surface area contributed by atoms with Crippen LogP contribution in [-0.4, -0.2) is 47.0 Å². The van der Waals surface area contributed by atoms with Gasteiger partial charge < -0.3 is 14.2 Å². The lowest BCUT2D eigenvalue weighted by Gasteiger charge is -2.30. The highest BCUT2D eigenvalue weighted by molar-refractivity contribution is 6.05. The van der Waals surface area contributed by atoms with E-state index in [0.29, 0.717) is 5.69 Å². The van der Waals surface area contributed by atoms with Crippen molar-refractivity contribution < 1.29 is 24.0 Å². The molecule has 0 bridgehead atoms. The molecule has 1 fully saturated rings. The summed E-state index contributed by atoms with van der Waals surface area (Å²) in [4.78, 5) is 49.2. The molecule has 2 amide bonds. The summed E-state index contributed by atoms with van der Waals surface area (Å²) in [6.07, 6.45) is 4.65. The van der Waals surface area contributed by atoms with Crippen molar-refractivity contribution in [3.63, 3.8) is 0 Å². The smallest absolute Gasteiger partial charge is 0.341 e. The number of imide groups is 1. The third-order valence-electron chi connectivity index (χ3n) is 4.87. The van der Waals surface area contributed by atoms with E-state index in [1.807, 2.05) is 4.90 Å². The zero-order valence-electron chi connectivity index (χ0n) is 16.5. The van der Waals surface area contributed by atoms with Crippen molar-refractivity contribution in [2.45, 2.75) is 19.3 Å². The number of nitrogens with zero attached hydrogens (tertiary/aromatic N) is 3. The Hall–Kier alpha value is -3.69. The van der Waals surface area contributed by atoms with Gasteiger partial charge in [0.2, 0.25) is 0 Å². The fraction of sp³-hybridized carbons (Fsp3) is 0.350. The number of aromatic nitrogens is 1. The lowest BCUT2D eigenvalue weighted by atomic mass is 10.1. The van der Waals surface area contributed by atoms with Crippen LogP contribution < -0.4 is 10.2 Å². The molecule has 1 aromatic carbocycles. The predicted octanol–water partition coefficient (Wildman–Crippen LogP) is 2.04. The number of nitro benzene ring substituents is 1. The van der Waals surface area contributed by atoms with E-state index in [9.17, 15) is 24.5 Å². The molecule has 0 atom stereocenters. The van der Waals surface area contributed by atoms with Crippen LogP contribution in [0.1, 0.15) is 40.1 Å². The Labute approximate surface area is 172 Å². The van der Waals surface area contributed by atoms with E-state index in [2.05, 4.69) is 5.32 Å². The molecule has 3 rings (SSSR count). The fourth-order valence-electron chi connectivity index (χ4n) is 3.34. The topological polar surface area (TPSA) is 124 Å². The zero-order valence-corrected chi connectivity index (χ0v) is 16.5. The normalized spacial score (nSPS) is 13.6. The monoisotopic (exact) mass is 414 g/mol. The lowest BCUT2D eigenvalue weighted by Crippen LogP contribution is -2.35. The number of non-ortho nitro benzene ring substituents is 1. The predicted molar refractivity (Wildman–Crippen MR) is 107 cm³/mol. The third kappa shape index (κ3) is 4.83. The van der Waals surface area contributed by atoms with Crippen molar-refractivity contribution in [2.24, 2.45) is 7.05 Å². The Morgan fingerprint density at radius 1 is 1.17 bits per heavy atom. The van der Waals surface area contributed by atoms with Crippen LogP contribution in [0, 0.1) is 10.1 Å². The average molecular weight is 414 g/mol. The fourth-order valence-corrected chi connectivity index (χ4v) is 3.34. The van der Waals surface area contributed by atoms with Crippen molar-refractivity contribution in [3.05, 3.63) is 57.9 Å². The number of carbonyl (C=O) groups is 3. The van der Waals surface area contributed by atoms with Crippen LogP contribution in [0.2, 0.25) is 0 Å². The first-order valence-electron chi connectivity index (χ1n) is 9.53. The number of amides is 2. The number of benzene rings is 1. The molecule has 158 valence electrons. The molecule has 1 aromatic heterocycles. The number of rotatable bonds is 6. The van der Waals surface area contributed by atoms with Gasteiger partial charge in [-0.1, -0.05) is 0 Å². The van der Waals surface area contributed by atoms with Crippen LogP contribution in [0.5, 0.6) is 0 Å².